The Bertz CT molecular complexity index is 1060. The molecule has 2 heterocycles. The molecule has 148 valence electrons. The Hall–Kier alpha value is -3.20. The molecule has 9 heteroatoms. The zero-order chi connectivity index (χ0) is 20.4. The summed E-state index contributed by atoms with van der Waals surface area (Å²) < 4.78 is 20.9. The molecule has 0 aliphatic carbocycles. The molecule has 1 amide bonds. The van der Waals surface area contributed by atoms with E-state index in [1.54, 1.807) is 43.3 Å². The van der Waals surface area contributed by atoms with Crippen molar-refractivity contribution in [3.8, 4) is 5.75 Å². The standard InChI is InChI=1S/C20H17FN4O3S/c1-13(19(27)14-7-3-2-4-8-14)24-18(26)12-29-20-23-22-17(25(20)24)11-28-16-10-6-5-9-15(16)21/h2-10,13H,11-12H2,1H3. The Morgan fingerprint density at radius 2 is 1.90 bits per heavy atom. The minimum atomic E-state index is -0.771. The van der Waals surface area contributed by atoms with E-state index in [0.29, 0.717) is 16.5 Å². The van der Waals surface area contributed by atoms with Gasteiger partial charge in [0.25, 0.3) is 5.91 Å². The predicted octanol–water partition coefficient (Wildman–Crippen LogP) is 2.84. The van der Waals surface area contributed by atoms with Crippen molar-refractivity contribution in [2.75, 3.05) is 10.8 Å². The molecule has 7 nitrogen and oxygen atoms in total. The molecule has 1 aliphatic rings. The summed E-state index contributed by atoms with van der Waals surface area (Å²) in [5, 5.41) is 9.99. The summed E-state index contributed by atoms with van der Waals surface area (Å²) >= 11 is 1.23. The third kappa shape index (κ3) is 3.73. The molecule has 1 aromatic heterocycles. The van der Waals surface area contributed by atoms with Gasteiger partial charge >= 0.3 is 0 Å². The van der Waals surface area contributed by atoms with Crippen LogP contribution in [0.25, 0.3) is 0 Å². The number of nitrogens with zero attached hydrogens (tertiary/aromatic N) is 4. The minimum Gasteiger partial charge on any atom is -0.482 e. The van der Waals surface area contributed by atoms with E-state index in [2.05, 4.69) is 10.2 Å². The van der Waals surface area contributed by atoms with Gasteiger partial charge in [0.05, 0.1) is 5.75 Å². The van der Waals surface area contributed by atoms with E-state index < -0.39 is 11.9 Å². The molecule has 2 aromatic carbocycles. The lowest BCUT2D eigenvalue weighted by molar-refractivity contribution is -0.118. The second kappa shape index (κ2) is 8.04. The average Bonchev–Trinajstić information content (AvgIpc) is 3.16. The van der Waals surface area contributed by atoms with Gasteiger partial charge in [0, 0.05) is 5.56 Å². The summed E-state index contributed by atoms with van der Waals surface area (Å²) in [5.74, 6) is -0.423. The molecule has 1 unspecified atom stereocenters. The van der Waals surface area contributed by atoms with E-state index in [4.69, 9.17) is 4.74 Å². The molecule has 0 spiro atoms. The first-order valence-electron chi connectivity index (χ1n) is 8.92. The van der Waals surface area contributed by atoms with E-state index in [0.717, 1.165) is 0 Å². The van der Waals surface area contributed by atoms with Crippen LogP contribution < -0.4 is 9.75 Å². The van der Waals surface area contributed by atoms with Gasteiger partial charge in [-0.2, -0.15) is 0 Å². The van der Waals surface area contributed by atoms with E-state index in [1.807, 2.05) is 6.07 Å². The Morgan fingerprint density at radius 1 is 1.17 bits per heavy atom. The number of carbonyl (C=O) groups is 2. The van der Waals surface area contributed by atoms with Gasteiger partial charge < -0.3 is 4.74 Å². The molecule has 1 atom stereocenters. The second-order valence-electron chi connectivity index (χ2n) is 6.36. The van der Waals surface area contributed by atoms with E-state index in [9.17, 15) is 14.0 Å². The van der Waals surface area contributed by atoms with Crippen molar-refractivity contribution in [1.82, 2.24) is 14.9 Å². The molecule has 0 saturated carbocycles. The highest BCUT2D eigenvalue weighted by Gasteiger charge is 2.35. The predicted molar refractivity (Wildman–Crippen MR) is 105 cm³/mol. The van der Waals surface area contributed by atoms with E-state index in [1.165, 1.54) is 33.6 Å². The molecular weight excluding hydrogens is 395 g/mol. The Labute approximate surface area is 170 Å². The van der Waals surface area contributed by atoms with Gasteiger partial charge in [0.2, 0.25) is 5.16 Å². The first-order chi connectivity index (χ1) is 14.1. The molecule has 0 fully saturated rings. The quantitative estimate of drug-likeness (QED) is 0.580. The lowest BCUT2D eigenvalue weighted by atomic mass is 10.1. The van der Waals surface area contributed by atoms with Crippen LogP contribution in [0, 0.1) is 5.82 Å². The molecule has 0 saturated heterocycles. The summed E-state index contributed by atoms with van der Waals surface area (Å²) in [6.45, 7) is 1.55. The lowest BCUT2D eigenvalue weighted by Crippen LogP contribution is -2.54. The summed E-state index contributed by atoms with van der Waals surface area (Å²) in [6, 6.07) is 14.0. The van der Waals surface area contributed by atoms with Crippen LogP contribution in [0.15, 0.2) is 59.8 Å². The summed E-state index contributed by atoms with van der Waals surface area (Å²) in [6.07, 6.45) is 0. The molecule has 4 rings (SSSR count). The first kappa shape index (κ1) is 19.1. The van der Waals surface area contributed by atoms with Gasteiger partial charge in [0.15, 0.2) is 23.2 Å². The number of hydrogen-bond acceptors (Lipinski definition) is 6. The van der Waals surface area contributed by atoms with E-state index >= 15 is 0 Å². The smallest absolute Gasteiger partial charge is 0.252 e. The van der Waals surface area contributed by atoms with Crippen molar-refractivity contribution in [2.45, 2.75) is 24.7 Å². The Balaban J connectivity index is 1.63. The van der Waals surface area contributed by atoms with Gasteiger partial charge in [-0.15, -0.1) is 10.2 Å². The number of aromatic nitrogens is 3. The third-order valence-corrected chi connectivity index (χ3v) is 5.37. The van der Waals surface area contributed by atoms with Gasteiger partial charge in [0.1, 0.15) is 12.6 Å². The van der Waals surface area contributed by atoms with Gasteiger partial charge in [-0.3, -0.25) is 9.59 Å². The molecule has 0 N–H and O–H groups in total. The van der Waals surface area contributed by atoms with Crippen LogP contribution in [0.4, 0.5) is 4.39 Å². The van der Waals surface area contributed by atoms with Crippen LogP contribution in [0.3, 0.4) is 0 Å². The number of fused-ring (bicyclic) bond motifs is 1. The fraction of sp³-hybridized carbons (Fsp3) is 0.200. The molecule has 0 bridgehead atoms. The number of benzene rings is 2. The number of thioether (sulfide) groups is 1. The summed E-state index contributed by atoms with van der Waals surface area (Å²) in [4.78, 5) is 25.6. The normalized spacial score (nSPS) is 14.4. The summed E-state index contributed by atoms with van der Waals surface area (Å²) in [5.41, 5.74) is 0.504. The van der Waals surface area contributed by atoms with Gasteiger partial charge in [-0.1, -0.05) is 54.2 Å². The number of halogens is 1. The highest BCUT2D eigenvalue weighted by Crippen LogP contribution is 2.26. The first-order valence-corrected chi connectivity index (χ1v) is 9.91. The highest BCUT2D eigenvalue weighted by molar-refractivity contribution is 7.99. The van der Waals surface area contributed by atoms with Gasteiger partial charge in [-0.25, -0.2) is 14.1 Å². The largest absolute Gasteiger partial charge is 0.482 e. The van der Waals surface area contributed by atoms with Gasteiger partial charge in [-0.05, 0) is 19.1 Å². The average molecular weight is 412 g/mol. The van der Waals surface area contributed by atoms with Crippen LogP contribution in [0.2, 0.25) is 0 Å². The SMILES string of the molecule is CC(C(=O)c1ccccc1)N1C(=O)CSc2nnc(COc3ccccc3F)n21. The number of ketones is 1. The topological polar surface area (TPSA) is 77.3 Å². The fourth-order valence-corrected chi connectivity index (χ4v) is 3.84. The fourth-order valence-electron chi connectivity index (χ4n) is 3.04. The minimum absolute atomic E-state index is 0.0691. The van der Waals surface area contributed by atoms with Crippen LogP contribution in [-0.2, 0) is 11.4 Å². The number of Topliss-reactive ketones (excluding diaryl/α,β-unsaturated/α-hetero) is 1. The molecule has 29 heavy (non-hydrogen) atoms. The van der Waals surface area contributed by atoms with Crippen molar-refractivity contribution in [3.63, 3.8) is 0 Å². The zero-order valence-electron chi connectivity index (χ0n) is 15.5. The maximum atomic E-state index is 13.8. The maximum absolute atomic E-state index is 13.8. The number of amides is 1. The van der Waals surface area contributed by atoms with Crippen LogP contribution >= 0.6 is 11.8 Å². The third-order valence-electron chi connectivity index (χ3n) is 4.47. The summed E-state index contributed by atoms with van der Waals surface area (Å²) in [7, 11) is 0. The Morgan fingerprint density at radius 3 is 2.66 bits per heavy atom. The molecule has 0 radical (unpaired) electrons. The number of hydrogen-bond donors (Lipinski definition) is 0. The number of carbonyl (C=O) groups excluding carboxylic acids is 2. The van der Waals surface area contributed by atoms with Crippen molar-refractivity contribution >= 4 is 23.5 Å². The molecule has 3 aromatic rings. The van der Waals surface area contributed by atoms with E-state index in [-0.39, 0.29) is 29.8 Å². The van der Waals surface area contributed by atoms with Crippen LogP contribution in [0.1, 0.15) is 23.1 Å². The number of ether oxygens (including phenoxy) is 1. The van der Waals surface area contributed by atoms with Crippen LogP contribution in [-0.4, -0.2) is 38.4 Å². The number of para-hydroxylation sites is 1. The number of rotatable bonds is 6. The molecular formula is C20H17FN4O3S. The molecule has 1 aliphatic heterocycles. The lowest BCUT2D eigenvalue weighted by Gasteiger charge is -2.33. The van der Waals surface area contributed by atoms with Crippen LogP contribution in [0.5, 0.6) is 5.75 Å². The maximum Gasteiger partial charge on any atom is 0.252 e. The zero-order valence-corrected chi connectivity index (χ0v) is 16.3. The van der Waals surface area contributed by atoms with Crippen molar-refractivity contribution in [1.29, 1.82) is 0 Å². The van der Waals surface area contributed by atoms with Crippen molar-refractivity contribution in [2.24, 2.45) is 0 Å². The van der Waals surface area contributed by atoms with Crippen molar-refractivity contribution < 1.29 is 18.7 Å². The Kier molecular flexibility index (Phi) is 5.30. The monoisotopic (exact) mass is 412 g/mol. The second-order valence-corrected chi connectivity index (χ2v) is 7.31. The van der Waals surface area contributed by atoms with Crippen molar-refractivity contribution in [3.05, 3.63) is 71.8 Å². The highest BCUT2D eigenvalue weighted by atomic mass is 32.2.